The highest BCUT2D eigenvalue weighted by atomic mass is 32.2. The second-order valence-electron chi connectivity index (χ2n) is 8.33. The summed E-state index contributed by atoms with van der Waals surface area (Å²) in [4.78, 5) is 14.2. The van der Waals surface area contributed by atoms with Gasteiger partial charge in [0.15, 0.2) is 10.9 Å². The number of para-hydroxylation sites is 1. The van der Waals surface area contributed by atoms with E-state index < -0.39 is 0 Å². The van der Waals surface area contributed by atoms with Gasteiger partial charge in [-0.05, 0) is 42.3 Å². The summed E-state index contributed by atoms with van der Waals surface area (Å²) < 4.78 is 2.05. The van der Waals surface area contributed by atoms with Crippen LogP contribution >= 0.6 is 23.5 Å². The van der Waals surface area contributed by atoms with Gasteiger partial charge >= 0.3 is 0 Å². The summed E-state index contributed by atoms with van der Waals surface area (Å²) >= 11 is 3.15. The number of nitrogens with zero attached hydrogens (tertiary/aromatic N) is 3. The molecule has 36 heavy (non-hydrogen) atoms. The number of benzene rings is 4. The molecule has 0 unspecified atom stereocenters. The monoisotopic (exact) mass is 507 g/mol. The fraction of sp³-hybridized carbons (Fsp3) is 0.100. The zero-order chi connectivity index (χ0) is 24.7. The van der Waals surface area contributed by atoms with Crippen LogP contribution < -0.4 is 0 Å². The molecule has 0 spiro atoms. The Kier molecular flexibility index (Phi) is 7.64. The second kappa shape index (κ2) is 11.4. The maximum absolute atomic E-state index is 13.0. The normalized spacial score (nSPS) is 10.9. The molecule has 0 fully saturated rings. The molecular weight excluding hydrogens is 482 g/mol. The number of thioether (sulfide) groups is 2. The van der Waals surface area contributed by atoms with Gasteiger partial charge in [-0.3, -0.25) is 9.36 Å². The number of carbonyl (C=O) groups excluding carboxylic acids is 1. The summed E-state index contributed by atoms with van der Waals surface area (Å²) in [6.45, 7) is 2.09. The zero-order valence-corrected chi connectivity index (χ0v) is 21.5. The van der Waals surface area contributed by atoms with Crippen LogP contribution in [0.1, 0.15) is 21.7 Å². The minimum Gasteiger partial charge on any atom is -0.293 e. The van der Waals surface area contributed by atoms with E-state index in [1.165, 1.54) is 22.2 Å². The van der Waals surface area contributed by atoms with Crippen LogP contribution in [0.4, 0.5) is 0 Å². The molecule has 0 bridgehead atoms. The number of carbonyl (C=O) groups is 1. The molecule has 178 valence electrons. The molecule has 0 N–H and O–H groups in total. The Bertz CT molecular complexity index is 1430. The third-order valence-corrected chi connectivity index (χ3v) is 7.69. The number of Topliss-reactive ketones (excluding diaryl/α,β-unsaturated/α-hetero) is 1. The van der Waals surface area contributed by atoms with Crippen LogP contribution in [-0.4, -0.2) is 26.3 Å². The summed E-state index contributed by atoms with van der Waals surface area (Å²) in [6.07, 6.45) is 0. The molecule has 0 saturated carbocycles. The largest absolute Gasteiger partial charge is 0.293 e. The fourth-order valence-electron chi connectivity index (χ4n) is 3.80. The van der Waals surface area contributed by atoms with Crippen molar-refractivity contribution in [2.75, 3.05) is 5.75 Å². The highest BCUT2D eigenvalue weighted by Crippen LogP contribution is 2.28. The first kappa shape index (κ1) is 24.1. The Hall–Kier alpha value is -3.61. The van der Waals surface area contributed by atoms with E-state index in [0.717, 1.165) is 27.8 Å². The summed E-state index contributed by atoms with van der Waals surface area (Å²) in [5.41, 5.74) is 5.16. The first-order chi connectivity index (χ1) is 17.7. The van der Waals surface area contributed by atoms with E-state index in [-0.39, 0.29) is 5.78 Å². The van der Waals surface area contributed by atoms with Gasteiger partial charge in [0.25, 0.3) is 0 Å². The van der Waals surface area contributed by atoms with E-state index in [0.29, 0.717) is 17.1 Å². The lowest BCUT2D eigenvalue weighted by molar-refractivity contribution is 0.102. The average molecular weight is 508 g/mol. The summed E-state index contributed by atoms with van der Waals surface area (Å²) in [7, 11) is 0. The molecule has 6 heteroatoms. The van der Waals surface area contributed by atoms with Gasteiger partial charge in [0.05, 0.1) is 11.5 Å². The van der Waals surface area contributed by atoms with Gasteiger partial charge in [-0.15, -0.1) is 22.0 Å². The van der Waals surface area contributed by atoms with Crippen LogP contribution in [0.15, 0.2) is 119 Å². The van der Waals surface area contributed by atoms with Crippen LogP contribution in [0.25, 0.3) is 16.8 Å². The van der Waals surface area contributed by atoms with Crippen LogP contribution in [0.5, 0.6) is 0 Å². The van der Waals surface area contributed by atoms with Gasteiger partial charge in [0, 0.05) is 16.1 Å². The molecule has 4 aromatic carbocycles. The van der Waals surface area contributed by atoms with Gasteiger partial charge in [0.2, 0.25) is 0 Å². The predicted octanol–water partition coefficient (Wildman–Crippen LogP) is 7.51. The Morgan fingerprint density at radius 2 is 1.36 bits per heavy atom. The van der Waals surface area contributed by atoms with Crippen molar-refractivity contribution in [2.24, 2.45) is 0 Å². The molecule has 1 aromatic heterocycles. The molecule has 0 atom stereocenters. The number of aromatic nitrogens is 3. The van der Waals surface area contributed by atoms with Crippen molar-refractivity contribution in [3.05, 3.63) is 126 Å². The third kappa shape index (κ3) is 5.78. The van der Waals surface area contributed by atoms with Gasteiger partial charge in [-0.2, -0.15) is 0 Å². The van der Waals surface area contributed by atoms with Crippen molar-refractivity contribution < 1.29 is 4.79 Å². The maximum atomic E-state index is 13.0. The van der Waals surface area contributed by atoms with Gasteiger partial charge in [-0.25, -0.2) is 0 Å². The SMILES string of the molecule is Cc1ccc(SCc2nnc(SCC(=O)c3ccc(-c4ccccc4)cc3)n2-c2ccccc2)cc1. The second-order valence-corrected chi connectivity index (χ2v) is 10.3. The molecule has 0 aliphatic carbocycles. The number of aryl methyl sites for hydroxylation is 1. The zero-order valence-electron chi connectivity index (χ0n) is 19.9. The summed E-state index contributed by atoms with van der Waals surface area (Å²) in [5, 5.41) is 9.65. The molecule has 5 aromatic rings. The Labute approximate surface area is 219 Å². The van der Waals surface area contributed by atoms with Crippen molar-refractivity contribution in [3.63, 3.8) is 0 Å². The van der Waals surface area contributed by atoms with Crippen LogP contribution in [0, 0.1) is 6.92 Å². The van der Waals surface area contributed by atoms with Crippen molar-refractivity contribution in [1.29, 1.82) is 0 Å². The van der Waals surface area contributed by atoms with E-state index in [1.807, 2.05) is 72.8 Å². The quantitative estimate of drug-likeness (QED) is 0.153. The van der Waals surface area contributed by atoms with Crippen molar-refractivity contribution >= 4 is 29.3 Å². The Balaban J connectivity index is 1.31. The number of hydrogen-bond acceptors (Lipinski definition) is 5. The van der Waals surface area contributed by atoms with Crippen LogP contribution in [0.3, 0.4) is 0 Å². The Morgan fingerprint density at radius 3 is 2.06 bits per heavy atom. The topological polar surface area (TPSA) is 47.8 Å². The van der Waals surface area contributed by atoms with Crippen molar-refractivity contribution in [1.82, 2.24) is 14.8 Å². The smallest absolute Gasteiger partial charge is 0.196 e. The molecule has 0 aliphatic heterocycles. The predicted molar refractivity (Wildman–Crippen MR) is 149 cm³/mol. The van der Waals surface area contributed by atoms with Crippen LogP contribution in [-0.2, 0) is 5.75 Å². The number of ketones is 1. The summed E-state index contributed by atoms with van der Waals surface area (Å²) in [5.74, 6) is 1.90. The van der Waals surface area contributed by atoms with E-state index in [2.05, 4.69) is 58.1 Å². The minimum absolute atomic E-state index is 0.0674. The third-order valence-electron chi connectivity index (χ3n) is 5.75. The van der Waals surface area contributed by atoms with Gasteiger partial charge in [0.1, 0.15) is 5.82 Å². The maximum Gasteiger partial charge on any atom is 0.196 e. The fourth-order valence-corrected chi connectivity index (χ4v) is 5.48. The van der Waals surface area contributed by atoms with Crippen molar-refractivity contribution in [2.45, 2.75) is 22.7 Å². The van der Waals surface area contributed by atoms with Crippen molar-refractivity contribution in [3.8, 4) is 16.8 Å². The van der Waals surface area contributed by atoms with Gasteiger partial charge in [-0.1, -0.05) is 102 Å². The number of hydrogen-bond donors (Lipinski definition) is 0. The van der Waals surface area contributed by atoms with Gasteiger partial charge < -0.3 is 0 Å². The average Bonchev–Trinajstić information content (AvgIpc) is 3.35. The first-order valence-corrected chi connectivity index (χ1v) is 13.7. The lowest BCUT2D eigenvalue weighted by atomic mass is 10.0. The summed E-state index contributed by atoms with van der Waals surface area (Å²) in [6, 6.07) is 36.5. The standard InChI is InChI=1S/C30H25N3OS2/c1-22-12-18-27(19-13-22)35-21-29-31-32-30(33(29)26-10-6-3-7-11-26)36-20-28(34)25-16-14-24(15-17-25)23-8-4-2-5-9-23/h2-19H,20-21H2,1H3. The molecule has 1 heterocycles. The molecule has 0 saturated heterocycles. The molecule has 4 nitrogen and oxygen atoms in total. The molecule has 0 radical (unpaired) electrons. The minimum atomic E-state index is 0.0674. The Morgan fingerprint density at radius 1 is 0.722 bits per heavy atom. The molecule has 0 amide bonds. The lowest BCUT2D eigenvalue weighted by Gasteiger charge is -2.10. The van der Waals surface area contributed by atoms with Crippen LogP contribution in [0.2, 0.25) is 0 Å². The molecule has 0 aliphatic rings. The van der Waals surface area contributed by atoms with E-state index in [1.54, 1.807) is 11.8 Å². The van der Waals surface area contributed by atoms with E-state index >= 15 is 0 Å². The highest BCUT2D eigenvalue weighted by molar-refractivity contribution is 7.99. The molecule has 5 rings (SSSR count). The van der Waals surface area contributed by atoms with E-state index in [9.17, 15) is 4.79 Å². The lowest BCUT2D eigenvalue weighted by Crippen LogP contribution is -2.05. The molecular formula is C30H25N3OS2. The van der Waals surface area contributed by atoms with E-state index in [4.69, 9.17) is 0 Å². The first-order valence-electron chi connectivity index (χ1n) is 11.7. The number of rotatable bonds is 9. The highest BCUT2D eigenvalue weighted by Gasteiger charge is 2.17.